The van der Waals surface area contributed by atoms with Crippen LogP contribution in [0.5, 0.6) is 0 Å². The molecule has 123 heavy (non-hydrogen) atoms. The van der Waals surface area contributed by atoms with E-state index in [1.165, 1.54) is 66.8 Å². The topological polar surface area (TPSA) is 426 Å². The van der Waals surface area contributed by atoms with E-state index in [0.29, 0.717) is 109 Å². The Morgan fingerprint density at radius 1 is 0.431 bits per heavy atom. The van der Waals surface area contributed by atoms with Crippen molar-refractivity contribution in [3.8, 4) is 45.6 Å². The smallest absolute Gasteiger partial charge is 0.378 e. The Morgan fingerprint density at radius 2 is 0.797 bits per heavy atom. The molecule has 0 spiro atoms. The number of alkyl halides is 12. The zero-order valence-electron chi connectivity index (χ0n) is 64.2. The molecule has 0 radical (unpaired) electrons. The molecule has 1 aliphatic carbocycles. The summed E-state index contributed by atoms with van der Waals surface area (Å²) in [6.07, 6.45) is 8.64. The van der Waals surface area contributed by atoms with Crippen molar-refractivity contribution in [3.05, 3.63) is 195 Å². The summed E-state index contributed by atoms with van der Waals surface area (Å²) in [6.45, 7) is -5.55. The number of hydrogen-bond acceptors (Lipinski definition) is 25. The fourth-order valence-electron chi connectivity index (χ4n) is 13.4. The summed E-state index contributed by atoms with van der Waals surface area (Å²) >= 11 is 0. The molecule has 13 heterocycles. The van der Waals surface area contributed by atoms with Crippen molar-refractivity contribution in [2.75, 3.05) is 73.9 Å². The van der Waals surface area contributed by atoms with Crippen LogP contribution in [0.25, 0.3) is 89.7 Å². The number of nitrogens with one attached hydrogen (secondary N) is 10. The molecule has 1 saturated heterocycles. The molecular formula is C77H69F13N28O5. The van der Waals surface area contributed by atoms with Crippen molar-refractivity contribution in [2.45, 2.75) is 80.0 Å². The highest BCUT2D eigenvalue weighted by atomic mass is 19.4. The molecule has 1 aliphatic heterocycles. The zero-order chi connectivity index (χ0) is 87.3. The number of aromatic amines is 4. The number of H-pyrrole nitrogens is 4. The average Bonchev–Trinajstić information content (AvgIpc) is 1.73. The maximum Gasteiger partial charge on any atom is 0.405 e. The lowest BCUT2D eigenvalue weighted by Gasteiger charge is -2.29. The Labute approximate surface area is 685 Å². The molecule has 0 bridgehead atoms. The lowest BCUT2D eigenvalue weighted by atomic mass is 9.96. The van der Waals surface area contributed by atoms with E-state index >= 15 is 0 Å². The number of hydrogen-bond donors (Lipinski definition) is 10. The van der Waals surface area contributed by atoms with Crippen molar-refractivity contribution in [2.24, 2.45) is 0 Å². The van der Waals surface area contributed by atoms with Crippen LogP contribution in [0.2, 0.25) is 0 Å². The number of anilines is 4. The first-order valence-electron chi connectivity index (χ1n) is 37.0. The molecule has 46 heteroatoms. The largest absolute Gasteiger partial charge is 0.405 e. The number of fused-ring (bicyclic) bond motifs is 4. The molecule has 16 rings (SSSR count). The number of carbonyl (C=O) groups is 4. The van der Waals surface area contributed by atoms with Gasteiger partial charge in [0.2, 0.25) is 23.6 Å². The summed E-state index contributed by atoms with van der Waals surface area (Å²) in [6, 6.07) is 19.0. The lowest BCUT2D eigenvalue weighted by molar-refractivity contribution is -0.141. The van der Waals surface area contributed by atoms with Crippen molar-refractivity contribution in [1.29, 1.82) is 0 Å². The number of carbonyl (C=O) groups excluding carboxylic acids is 4. The van der Waals surface area contributed by atoms with Crippen molar-refractivity contribution in [3.63, 3.8) is 0 Å². The number of likely N-dealkylation sites (N-methyl/N-ethyl adjacent to an activating group) is 2. The Hall–Kier alpha value is -14.6. The molecule has 1 saturated carbocycles. The van der Waals surface area contributed by atoms with Crippen LogP contribution in [0.4, 0.5) is 80.3 Å². The first kappa shape index (κ1) is 86.2. The van der Waals surface area contributed by atoms with E-state index in [9.17, 15) is 76.3 Å². The maximum atomic E-state index is 14.8. The van der Waals surface area contributed by atoms with Gasteiger partial charge in [0.05, 0.1) is 12.8 Å². The van der Waals surface area contributed by atoms with Gasteiger partial charge in [0.1, 0.15) is 115 Å². The molecule has 12 aromatic heterocycles. The Morgan fingerprint density at radius 3 is 1.20 bits per heavy atom. The lowest BCUT2D eigenvalue weighted by Crippen LogP contribution is -2.54. The van der Waals surface area contributed by atoms with E-state index in [1.807, 2.05) is 21.3 Å². The monoisotopic (exact) mass is 1710 g/mol. The van der Waals surface area contributed by atoms with Gasteiger partial charge in [0, 0.05) is 139 Å². The summed E-state index contributed by atoms with van der Waals surface area (Å²) < 4.78 is 171. The van der Waals surface area contributed by atoms with E-state index < -0.39 is 103 Å². The SMILES string of the molecule is CN(c1ccnc(-c2c[nH]c3ncncc23)n1)C(C(=O)NCC(F)(F)F)c1ccccc1.CN(c1nc(-c2c[nH]c3ncncc23)ncc1F)C(C(=O)NCC(F)(F)F)c1ccccc1.O=C(NCC(F)(F)F)C1(Nc2ccnc(-c3c[nH]c4ncncc34)n2)CCCC1.O=C(NCC(F)(F)F)C1(Nc2ccnc(-c3c[nH]c4ncncc34)n2)CCOC1. The van der Waals surface area contributed by atoms with Gasteiger partial charge in [-0.3, -0.25) is 19.2 Å². The Bertz CT molecular complexity index is 5840. The quantitative estimate of drug-likeness (QED) is 0.0282. The minimum atomic E-state index is -4.60. The molecule has 4 amide bonds. The van der Waals surface area contributed by atoms with E-state index in [1.54, 1.807) is 129 Å². The Kier molecular flexibility index (Phi) is 25.9. The maximum absolute atomic E-state index is 14.8. The highest BCUT2D eigenvalue weighted by Crippen LogP contribution is 2.37. The van der Waals surface area contributed by atoms with Gasteiger partial charge in [0.15, 0.2) is 34.9 Å². The number of ether oxygens (including phenoxy) is 1. The summed E-state index contributed by atoms with van der Waals surface area (Å²) in [5, 5.41) is 16.5. The second kappa shape index (κ2) is 36.9. The second-order valence-electron chi connectivity index (χ2n) is 27.6. The van der Waals surface area contributed by atoms with Crippen LogP contribution in [-0.2, 0) is 23.9 Å². The van der Waals surface area contributed by atoms with Crippen molar-refractivity contribution in [1.82, 2.24) is 121 Å². The molecule has 10 N–H and O–H groups in total. The summed E-state index contributed by atoms with van der Waals surface area (Å²) in [5.74, 6) is -2.10. The van der Waals surface area contributed by atoms with E-state index in [2.05, 4.69) is 110 Å². The molecule has 14 aromatic rings. The fraction of sp³-hybridized carbons (Fsp3) is 0.273. The van der Waals surface area contributed by atoms with Gasteiger partial charge in [-0.25, -0.2) is 84.1 Å². The normalized spacial score (nSPS) is 15.0. The zero-order valence-corrected chi connectivity index (χ0v) is 64.2. The molecule has 3 atom stereocenters. The van der Waals surface area contributed by atoms with Crippen LogP contribution < -0.4 is 41.7 Å². The van der Waals surface area contributed by atoms with Crippen LogP contribution in [0.15, 0.2) is 179 Å². The van der Waals surface area contributed by atoms with Crippen molar-refractivity contribution >= 4 is 91.0 Å². The Balaban J connectivity index is 0.000000141. The summed E-state index contributed by atoms with van der Waals surface area (Å²) in [7, 11) is 2.97. The minimum absolute atomic E-state index is 0.0725. The standard InChI is InChI=1S/C21H17F4N7O.C21H18F3N7O.C18H18F3N7O.C17H16F3N7O2/c1-32(16(12-5-3-2-4-6-12)20(33)29-10-21(23,24)25)19-15(22)9-28-18(31-19)14-8-27-17-13(14)7-26-11-30-17;1-31(17(13-5-3-2-4-6-13)20(32)28-11-21(22,23)24)16-7-8-26-19(30-16)15-10-27-18-14(15)9-25-12-29-18;19-18(20,21)9-25-16(29)17(4-1-2-5-17)28-13-3-6-23-15(27-13)12-8-24-14-11(12)7-22-10-26-14;18-17(19,20)7-24-15(28)16(2-4-29-8-16)27-12-1-3-22-14(26-12)11-6-23-13-10(11)5-21-9-25-13/h2-9,11,16H,10H2,1H3,(H,29,33)(H,26,27,30);2-10,12,17H,11H2,1H3,(H,28,32)(H,25,27,29);3,6-8,10H,1-2,4-5,9H2,(H,25,29)(H,22,24,26)(H,23,27,28);1,3,5-6,9H,2,4,7-8H2,(H,24,28)(H,21,23,25)(H,22,26,27). The predicted molar refractivity (Wildman–Crippen MR) is 418 cm³/mol. The first-order valence-corrected chi connectivity index (χ1v) is 37.0. The van der Waals surface area contributed by atoms with Crippen molar-refractivity contribution < 1.29 is 81.0 Å². The molecular weight excluding hydrogens is 1640 g/mol. The molecule has 2 aromatic carbocycles. The molecule has 2 fully saturated rings. The molecule has 2 aliphatic rings. The van der Waals surface area contributed by atoms with Crippen LogP contribution >= 0.6 is 0 Å². The van der Waals surface area contributed by atoms with E-state index in [0.717, 1.165) is 29.8 Å². The predicted octanol–water partition coefficient (Wildman–Crippen LogP) is 11.2. The van der Waals surface area contributed by atoms with Gasteiger partial charge in [-0.1, -0.05) is 73.5 Å². The van der Waals surface area contributed by atoms with E-state index in [-0.39, 0.29) is 37.1 Å². The van der Waals surface area contributed by atoms with Gasteiger partial charge >= 0.3 is 24.7 Å². The van der Waals surface area contributed by atoms with Crippen LogP contribution in [-0.4, -0.2) is 213 Å². The minimum Gasteiger partial charge on any atom is -0.378 e. The number of benzene rings is 2. The third-order valence-corrected chi connectivity index (χ3v) is 19.2. The third-order valence-electron chi connectivity index (χ3n) is 19.2. The van der Waals surface area contributed by atoms with Gasteiger partial charge in [-0.05, 0) is 42.2 Å². The van der Waals surface area contributed by atoms with Gasteiger partial charge in [0.25, 0.3) is 0 Å². The van der Waals surface area contributed by atoms with Crippen LogP contribution in [0, 0.1) is 5.82 Å². The highest BCUT2D eigenvalue weighted by Gasteiger charge is 2.46. The third kappa shape index (κ3) is 21.3. The number of amides is 4. The number of nitrogens with zero attached hydrogens (tertiary/aromatic N) is 18. The number of halogens is 13. The second-order valence-corrected chi connectivity index (χ2v) is 27.6. The number of aromatic nitrogens is 20. The average molecular weight is 1710 g/mol. The van der Waals surface area contributed by atoms with Gasteiger partial charge in [-0.15, -0.1) is 0 Å². The summed E-state index contributed by atoms with van der Waals surface area (Å²) in [4.78, 5) is 132. The molecule has 3 unspecified atom stereocenters. The highest BCUT2D eigenvalue weighted by molar-refractivity contribution is 5.96. The van der Waals surface area contributed by atoms with Gasteiger partial charge in [-0.2, -0.15) is 52.7 Å². The number of rotatable bonds is 22. The first-order chi connectivity index (χ1) is 58.8. The summed E-state index contributed by atoms with van der Waals surface area (Å²) in [5.41, 5.74) is 3.30. The van der Waals surface area contributed by atoms with E-state index in [4.69, 9.17) is 4.74 Å². The van der Waals surface area contributed by atoms with Crippen LogP contribution in [0.3, 0.4) is 0 Å². The van der Waals surface area contributed by atoms with Crippen LogP contribution in [0.1, 0.15) is 55.3 Å². The molecule has 33 nitrogen and oxygen atoms in total. The van der Waals surface area contributed by atoms with Gasteiger partial charge < -0.3 is 66.4 Å². The molecule has 638 valence electrons. The fourth-order valence-corrected chi connectivity index (χ4v) is 13.4.